The van der Waals surface area contributed by atoms with E-state index in [1.165, 1.54) is 0 Å². The molecule has 2 rings (SSSR count). The van der Waals surface area contributed by atoms with Crippen LogP contribution in [0.15, 0.2) is 24.3 Å². The smallest absolute Gasteiger partial charge is 0.313 e. The first-order chi connectivity index (χ1) is 11.7. The minimum atomic E-state index is -0.632. The van der Waals surface area contributed by atoms with Gasteiger partial charge in [0.05, 0.1) is 6.10 Å². The van der Waals surface area contributed by atoms with Gasteiger partial charge >= 0.3 is 11.8 Å². The lowest BCUT2D eigenvalue weighted by molar-refractivity contribution is -0.136. The Bertz CT molecular complexity index is 620. The number of ether oxygens (including phenoxy) is 1. The Labute approximate surface area is 150 Å². The summed E-state index contributed by atoms with van der Waals surface area (Å²) in [5.41, 5.74) is 1.78. The number of hydrogen-bond donors (Lipinski definition) is 2. The van der Waals surface area contributed by atoms with Gasteiger partial charge in [-0.15, -0.1) is 0 Å². The van der Waals surface area contributed by atoms with Crippen LogP contribution in [0.25, 0.3) is 0 Å². The summed E-state index contributed by atoms with van der Waals surface area (Å²) >= 11 is 0. The Morgan fingerprint density at radius 1 is 1.24 bits per heavy atom. The fraction of sp³-hybridized carbons (Fsp3) is 0.600. The molecule has 1 aliphatic heterocycles. The number of nitrogens with one attached hydrogen (secondary N) is 2. The van der Waals surface area contributed by atoms with E-state index >= 15 is 0 Å². The third-order valence-corrected chi connectivity index (χ3v) is 4.61. The molecule has 138 valence electrons. The molecule has 2 atom stereocenters. The fourth-order valence-electron chi connectivity index (χ4n) is 3.27. The van der Waals surface area contributed by atoms with Gasteiger partial charge in [-0.1, -0.05) is 46.8 Å². The maximum Gasteiger partial charge on any atom is 0.313 e. The molecule has 1 fully saturated rings. The van der Waals surface area contributed by atoms with E-state index in [4.69, 9.17) is 4.74 Å². The van der Waals surface area contributed by atoms with E-state index < -0.39 is 11.8 Å². The van der Waals surface area contributed by atoms with Crippen LogP contribution in [0.2, 0.25) is 0 Å². The van der Waals surface area contributed by atoms with E-state index in [9.17, 15) is 9.59 Å². The monoisotopic (exact) mass is 346 g/mol. The minimum absolute atomic E-state index is 0.0193. The highest BCUT2D eigenvalue weighted by Crippen LogP contribution is 2.34. The van der Waals surface area contributed by atoms with Crippen LogP contribution in [0.4, 0.5) is 5.69 Å². The molecule has 1 aliphatic rings. The summed E-state index contributed by atoms with van der Waals surface area (Å²) in [6.45, 7) is 11.7. The lowest BCUT2D eigenvalue weighted by Crippen LogP contribution is -2.42. The number of benzene rings is 1. The molecule has 0 aliphatic carbocycles. The van der Waals surface area contributed by atoms with Gasteiger partial charge in [0, 0.05) is 24.8 Å². The van der Waals surface area contributed by atoms with Crippen molar-refractivity contribution in [2.24, 2.45) is 11.3 Å². The van der Waals surface area contributed by atoms with Crippen molar-refractivity contribution in [2.75, 3.05) is 18.5 Å². The molecule has 25 heavy (non-hydrogen) atoms. The first-order valence-electron chi connectivity index (χ1n) is 8.99. The molecule has 1 heterocycles. The first-order valence-corrected chi connectivity index (χ1v) is 8.99. The Hall–Kier alpha value is -1.88. The number of rotatable bonds is 4. The van der Waals surface area contributed by atoms with Gasteiger partial charge in [0.1, 0.15) is 0 Å². The van der Waals surface area contributed by atoms with Crippen LogP contribution in [-0.4, -0.2) is 31.1 Å². The summed E-state index contributed by atoms with van der Waals surface area (Å²) < 4.78 is 5.80. The van der Waals surface area contributed by atoms with Crippen molar-refractivity contribution in [3.05, 3.63) is 29.8 Å². The van der Waals surface area contributed by atoms with Crippen LogP contribution in [0, 0.1) is 11.3 Å². The molecule has 2 amide bonds. The quantitative estimate of drug-likeness (QED) is 0.822. The zero-order valence-corrected chi connectivity index (χ0v) is 15.9. The van der Waals surface area contributed by atoms with Crippen LogP contribution in [0.1, 0.15) is 52.5 Å². The highest BCUT2D eigenvalue weighted by molar-refractivity contribution is 6.39. The van der Waals surface area contributed by atoms with Crippen LogP contribution < -0.4 is 10.6 Å². The maximum atomic E-state index is 12.1. The SMILES string of the molecule is CC(C)c1cccc(NC(=O)C(=O)NC[C@H]2CCO[C@@H]2C(C)(C)C)c1. The molecule has 2 N–H and O–H groups in total. The van der Waals surface area contributed by atoms with E-state index in [2.05, 4.69) is 45.3 Å². The molecule has 1 aromatic rings. The second kappa shape index (κ2) is 8.00. The molecule has 1 saturated heterocycles. The molecule has 0 spiro atoms. The number of carbonyl (C=O) groups is 2. The maximum absolute atomic E-state index is 12.1. The normalized spacial score (nSPS) is 20.6. The third-order valence-electron chi connectivity index (χ3n) is 4.61. The van der Waals surface area contributed by atoms with Gasteiger partial charge in [-0.05, 0) is 35.4 Å². The summed E-state index contributed by atoms with van der Waals surface area (Å²) in [6.07, 6.45) is 0.999. The van der Waals surface area contributed by atoms with Gasteiger partial charge in [0.25, 0.3) is 0 Å². The van der Waals surface area contributed by atoms with Gasteiger partial charge < -0.3 is 15.4 Å². The summed E-state index contributed by atoms with van der Waals surface area (Å²) in [4.78, 5) is 24.2. The highest BCUT2D eigenvalue weighted by atomic mass is 16.5. The van der Waals surface area contributed by atoms with Gasteiger partial charge in [-0.3, -0.25) is 9.59 Å². The van der Waals surface area contributed by atoms with E-state index in [0.29, 0.717) is 24.8 Å². The predicted molar refractivity (Wildman–Crippen MR) is 99.5 cm³/mol. The zero-order valence-electron chi connectivity index (χ0n) is 15.9. The van der Waals surface area contributed by atoms with Gasteiger partial charge in [0.2, 0.25) is 0 Å². The Balaban J connectivity index is 1.88. The van der Waals surface area contributed by atoms with Crippen molar-refractivity contribution in [2.45, 2.75) is 53.1 Å². The Morgan fingerprint density at radius 3 is 2.60 bits per heavy atom. The van der Waals surface area contributed by atoms with Crippen molar-refractivity contribution in [3.8, 4) is 0 Å². The molecule has 5 nitrogen and oxygen atoms in total. The van der Waals surface area contributed by atoms with E-state index in [0.717, 1.165) is 12.0 Å². The van der Waals surface area contributed by atoms with Crippen molar-refractivity contribution in [1.29, 1.82) is 0 Å². The van der Waals surface area contributed by atoms with Crippen molar-refractivity contribution >= 4 is 17.5 Å². The van der Waals surface area contributed by atoms with Crippen LogP contribution in [-0.2, 0) is 14.3 Å². The van der Waals surface area contributed by atoms with E-state index in [-0.39, 0.29) is 17.4 Å². The number of amides is 2. The number of anilines is 1. The van der Waals surface area contributed by atoms with Gasteiger partial charge in [-0.25, -0.2) is 0 Å². The minimum Gasteiger partial charge on any atom is -0.377 e. The molecule has 1 aromatic carbocycles. The van der Waals surface area contributed by atoms with E-state index in [1.807, 2.05) is 18.2 Å². The highest BCUT2D eigenvalue weighted by Gasteiger charge is 2.37. The van der Waals surface area contributed by atoms with Gasteiger partial charge in [0.15, 0.2) is 0 Å². The molecular formula is C20H30N2O3. The number of carbonyl (C=O) groups excluding carboxylic acids is 2. The van der Waals surface area contributed by atoms with Gasteiger partial charge in [-0.2, -0.15) is 0 Å². The fourth-order valence-corrected chi connectivity index (χ4v) is 3.27. The van der Waals surface area contributed by atoms with Crippen LogP contribution in [0.5, 0.6) is 0 Å². The first kappa shape index (κ1) is 19.4. The van der Waals surface area contributed by atoms with Crippen LogP contribution >= 0.6 is 0 Å². The predicted octanol–water partition coefficient (Wildman–Crippen LogP) is 3.32. The second-order valence-electron chi connectivity index (χ2n) is 8.15. The standard InChI is InChI=1S/C20H30N2O3/c1-13(2)14-7-6-8-16(11-14)22-19(24)18(23)21-12-15-9-10-25-17(15)20(3,4)5/h6-8,11,13,15,17H,9-10,12H2,1-5H3,(H,21,23)(H,22,24)/t15-,17+/m1/s1. The largest absolute Gasteiger partial charge is 0.377 e. The molecule has 0 saturated carbocycles. The van der Waals surface area contributed by atoms with Crippen LogP contribution in [0.3, 0.4) is 0 Å². The Kier molecular flexibility index (Phi) is 6.22. The summed E-state index contributed by atoms with van der Waals surface area (Å²) in [5.74, 6) is -0.634. The molecule has 0 aromatic heterocycles. The van der Waals surface area contributed by atoms with Crippen molar-refractivity contribution in [3.63, 3.8) is 0 Å². The lowest BCUT2D eigenvalue weighted by atomic mass is 9.81. The summed E-state index contributed by atoms with van der Waals surface area (Å²) in [5, 5.41) is 5.42. The molecule has 0 bridgehead atoms. The molecule has 5 heteroatoms. The second-order valence-corrected chi connectivity index (χ2v) is 8.15. The number of hydrogen-bond acceptors (Lipinski definition) is 3. The van der Waals surface area contributed by atoms with Crippen molar-refractivity contribution in [1.82, 2.24) is 5.32 Å². The molecule has 0 radical (unpaired) electrons. The molecular weight excluding hydrogens is 316 g/mol. The summed E-state index contributed by atoms with van der Waals surface area (Å²) in [7, 11) is 0. The summed E-state index contributed by atoms with van der Waals surface area (Å²) in [6, 6.07) is 7.58. The third kappa shape index (κ3) is 5.30. The molecule has 0 unspecified atom stereocenters. The average molecular weight is 346 g/mol. The van der Waals surface area contributed by atoms with Crippen molar-refractivity contribution < 1.29 is 14.3 Å². The average Bonchev–Trinajstić information content (AvgIpc) is 3.01. The Morgan fingerprint density at radius 2 is 1.96 bits per heavy atom. The zero-order chi connectivity index (χ0) is 18.6. The lowest BCUT2D eigenvalue weighted by Gasteiger charge is -2.31. The van der Waals surface area contributed by atoms with E-state index in [1.54, 1.807) is 6.07 Å². The topological polar surface area (TPSA) is 67.4 Å².